The Bertz CT molecular complexity index is 1280. The summed E-state index contributed by atoms with van der Waals surface area (Å²) in [5.74, 6) is 0.536. The molecule has 9 heteroatoms. The topological polar surface area (TPSA) is 92.2 Å². The second kappa shape index (κ2) is 9.66. The number of amidine groups is 1. The number of rotatable bonds is 5. The van der Waals surface area contributed by atoms with Gasteiger partial charge in [-0.3, -0.25) is 19.8 Å². The molecule has 1 aromatic heterocycles. The van der Waals surface area contributed by atoms with Crippen molar-refractivity contribution >= 4 is 34.6 Å². The molecule has 0 N–H and O–H groups in total. The lowest BCUT2D eigenvalue weighted by Crippen LogP contribution is -2.47. The van der Waals surface area contributed by atoms with Crippen molar-refractivity contribution in [2.75, 3.05) is 26.2 Å². The number of nitrogens with zero attached hydrogens (tertiary/aromatic N) is 4. The number of amides is 1. The van der Waals surface area contributed by atoms with Gasteiger partial charge in [0.1, 0.15) is 11.5 Å². The number of hydrogen-bond donors (Lipinski definition) is 0. The van der Waals surface area contributed by atoms with Crippen LogP contribution in [0.15, 0.2) is 81.0 Å². The molecule has 0 saturated carbocycles. The Kier molecular flexibility index (Phi) is 6.29. The molecule has 0 aliphatic carbocycles. The number of benzene rings is 2. The number of nitro benzene ring substituents is 1. The number of carbonyl (C=O) groups is 1. The first-order valence-corrected chi connectivity index (χ1v) is 11.8. The van der Waals surface area contributed by atoms with E-state index in [0.717, 1.165) is 32.7 Å². The molecule has 1 fully saturated rings. The summed E-state index contributed by atoms with van der Waals surface area (Å²) in [5, 5.41) is 12.0. The summed E-state index contributed by atoms with van der Waals surface area (Å²) < 4.78 is 5.80. The van der Waals surface area contributed by atoms with E-state index in [4.69, 9.17) is 4.42 Å². The highest BCUT2D eigenvalue weighted by Gasteiger charge is 2.29. The van der Waals surface area contributed by atoms with Crippen molar-refractivity contribution in [2.24, 2.45) is 4.99 Å². The van der Waals surface area contributed by atoms with Gasteiger partial charge < -0.3 is 9.32 Å². The third-order valence-electron chi connectivity index (χ3n) is 5.77. The lowest BCUT2D eigenvalue weighted by atomic mass is 10.1. The molecular formula is C25H22N4O4S. The minimum atomic E-state index is -0.438. The van der Waals surface area contributed by atoms with Crippen LogP contribution in [0.3, 0.4) is 0 Å². The first-order chi connectivity index (χ1) is 16.6. The van der Waals surface area contributed by atoms with E-state index >= 15 is 0 Å². The van der Waals surface area contributed by atoms with Crippen LogP contribution in [0.5, 0.6) is 0 Å². The van der Waals surface area contributed by atoms with Crippen molar-refractivity contribution in [3.8, 4) is 11.3 Å². The third kappa shape index (κ3) is 4.80. The maximum atomic E-state index is 12.5. The Morgan fingerprint density at radius 3 is 2.50 bits per heavy atom. The molecule has 2 aliphatic heterocycles. The van der Waals surface area contributed by atoms with Gasteiger partial charge in [0.25, 0.3) is 11.6 Å². The molecule has 2 aromatic carbocycles. The molecule has 0 unspecified atom stereocenters. The summed E-state index contributed by atoms with van der Waals surface area (Å²) in [4.78, 5) is 32.6. The van der Waals surface area contributed by atoms with E-state index in [1.165, 1.54) is 23.4 Å². The van der Waals surface area contributed by atoms with Crippen LogP contribution in [-0.4, -0.2) is 52.0 Å². The van der Waals surface area contributed by atoms with Crippen molar-refractivity contribution in [2.45, 2.75) is 6.54 Å². The van der Waals surface area contributed by atoms with Crippen molar-refractivity contribution in [3.63, 3.8) is 0 Å². The van der Waals surface area contributed by atoms with Crippen LogP contribution >= 0.6 is 11.8 Å². The molecular weight excluding hydrogens is 452 g/mol. The molecule has 8 nitrogen and oxygen atoms in total. The van der Waals surface area contributed by atoms with Crippen molar-refractivity contribution in [3.05, 3.63) is 93.1 Å². The van der Waals surface area contributed by atoms with Gasteiger partial charge in [0, 0.05) is 44.9 Å². The van der Waals surface area contributed by atoms with Crippen LogP contribution in [0.4, 0.5) is 5.69 Å². The zero-order valence-electron chi connectivity index (χ0n) is 18.3. The molecule has 0 atom stereocenters. The molecule has 3 aromatic rings. The van der Waals surface area contributed by atoms with Crippen LogP contribution in [0.2, 0.25) is 0 Å². The SMILES string of the molecule is O=C1N=C(N2CCN(Cc3ccccc3)CC2)SC1=Cc1ccc(-c2ccccc2[N+](=O)[O-])o1. The van der Waals surface area contributed by atoms with Gasteiger partial charge in [0.05, 0.1) is 15.4 Å². The number of furan rings is 1. The maximum absolute atomic E-state index is 12.5. The van der Waals surface area contributed by atoms with Crippen LogP contribution in [-0.2, 0) is 11.3 Å². The summed E-state index contributed by atoms with van der Waals surface area (Å²) in [6.45, 7) is 4.33. The Labute approximate surface area is 200 Å². The smallest absolute Gasteiger partial charge is 0.286 e. The van der Waals surface area contributed by atoms with Gasteiger partial charge in [0.15, 0.2) is 5.17 Å². The number of aliphatic imine (C=N–C) groups is 1. The summed E-state index contributed by atoms with van der Waals surface area (Å²) in [7, 11) is 0. The Morgan fingerprint density at radius 1 is 1.00 bits per heavy atom. The van der Waals surface area contributed by atoms with Gasteiger partial charge >= 0.3 is 0 Å². The summed E-state index contributed by atoms with van der Waals surface area (Å²) >= 11 is 1.34. The van der Waals surface area contributed by atoms with Crippen LogP contribution in [0.1, 0.15) is 11.3 Å². The van der Waals surface area contributed by atoms with Gasteiger partial charge in [-0.15, -0.1) is 0 Å². The molecule has 5 rings (SSSR count). The summed E-state index contributed by atoms with van der Waals surface area (Å²) in [5.41, 5.74) is 1.66. The van der Waals surface area contributed by atoms with E-state index in [1.807, 2.05) is 6.07 Å². The van der Waals surface area contributed by atoms with Crippen LogP contribution in [0.25, 0.3) is 17.4 Å². The van der Waals surface area contributed by atoms with E-state index in [-0.39, 0.29) is 11.6 Å². The largest absolute Gasteiger partial charge is 0.456 e. The fraction of sp³-hybridized carbons (Fsp3) is 0.200. The Hall–Kier alpha value is -3.69. The molecule has 0 radical (unpaired) electrons. The standard InChI is InChI=1S/C25H22N4O4S/c30-24-23(16-19-10-11-22(33-19)20-8-4-5-9-21(20)29(31)32)34-25(26-24)28-14-12-27(13-15-28)17-18-6-2-1-3-7-18/h1-11,16H,12-15,17H2. The molecule has 172 valence electrons. The van der Waals surface area contributed by atoms with Gasteiger partial charge in [-0.1, -0.05) is 42.5 Å². The van der Waals surface area contributed by atoms with E-state index in [2.05, 4.69) is 39.1 Å². The summed E-state index contributed by atoms with van der Waals surface area (Å²) in [6.07, 6.45) is 1.65. The number of nitro groups is 1. The molecule has 2 aliphatic rings. The zero-order chi connectivity index (χ0) is 23.5. The fourth-order valence-electron chi connectivity index (χ4n) is 4.02. The molecule has 0 bridgehead atoms. The highest BCUT2D eigenvalue weighted by atomic mass is 32.2. The number of piperazine rings is 1. The lowest BCUT2D eigenvalue weighted by molar-refractivity contribution is -0.384. The maximum Gasteiger partial charge on any atom is 0.286 e. The van der Waals surface area contributed by atoms with E-state index in [1.54, 1.807) is 36.4 Å². The van der Waals surface area contributed by atoms with Gasteiger partial charge in [0.2, 0.25) is 0 Å². The first-order valence-electron chi connectivity index (χ1n) is 10.9. The fourth-order valence-corrected chi connectivity index (χ4v) is 4.96. The Balaban J connectivity index is 1.22. The molecule has 1 amide bonds. The molecule has 1 saturated heterocycles. The average molecular weight is 475 g/mol. The van der Waals surface area contributed by atoms with Crippen molar-refractivity contribution < 1.29 is 14.1 Å². The zero-order valence-corrected chi connectivity index (χ0v) is 19.1. The minimum Gasteiger partial charge on any atom is -0.456 e. The van der Waals surface area contributed by atoms with E-state index in [9.17, 15) is 14.9 Å². The van der Waals surface area contributed by atoms with Crippen molar-refractivity contribution in [1.82, 2.24) is 9.80 Å². The minimum absolute atomic E-state index is 0.0283. The van der Waals surface area contributed by atoms with Crippen LogP contribution < -0.4 is 0 Å². The second-order valence-electron chi connectivity index (χ2n) is 8.04. The number of carbonyl (C=O) groups excluding carboxylic acids is 1. The van der Waals surface area contributed by atoms with Gasteiger partial charge in [-0.05, 0) is 35.5 Å². The van der Waals surface area contributed by atoms with Crippen molar-refractivity contribution in [1.29, 1.82) is 0 Å². The average Bonchev–Trinajstić information content (AvgIpc) is 3.47. The van der Waals surface area contributed by atoms with E-state index < -0.39 is 4.92 Å². The van der Waals surface area contributed by atoms with E-state index in [0.29, 0.717) is 27.2 Å². The monoisotopic (exact) mass is 474 g/mol. The number of thioether (sulfide) groups is 1. The Morgan fingerprint density at radius 2 is 1.74 bits per heavy atom. The molecule has 0 spiro atoms. The predicted octanol–water partition coefficient (Wildman–Crippen LogP) is 4.64. The van der Waals surface area contributed by atoms with Gasteiger partial charge in [-0.25, -0.2) is 0 Å². The highest BCUT2D eigenvalue weighted by Crippen LogP contribution is 2.34. The molecule has 34 heavy (non-hydrogen) atoms. The third-order valence-corrected chi connectivity index (χ3v) is 6.81. The predicted molar refractivity (Wildman–Crippen MR) is 132 cm³/mol. The van der Waals surface area contributed by atoms with Gasteiger partial charge in [-0.2, -0.15) is 4.99 Å². The number of para-hydroxylation sites is 1. The second-order valence-corrected chi connectivity index (χ2v) is 9.04. The van der Waals surface area contributed by atoms with Crippen LogP contribution in [0, 0.1) is 10.1 Å². The molecule has 3 heterocycles. The summed E-state index contributed by atoms with van der Waals surface area (Å²) in [6, 6.07) is 20.2. The first kappa shape index (κ1) is 22.1. The lowest BCUT2D eigenvalue weighted by Gasteiger charge is -2.35. The quantitative estimate of drug-likeness (QED) is 0.302. The normalized spacial score (nSPS) is 17.9. The highest BCUT2D eigenvalue weighted by molar-refractivity contribution is 8.18. The number of hydrogen-bond acceptors (Lipinski definition) is 7.